The summed E-state index contributed by atoms with van der Waals surface area (Å²) in [5, 5.41) is 2.16. The van der Waals surface area contributed by atoms with Crippen LogP contribution in [0.2, 0.25) is 0 Å². The number of hydrogen-bond donors (Lipinski definition) is 1. The van der Waals surface area contributed by atoms with Crippen LogP contribution in [0.5, 0.6) is 0 Å². The maximum absolute atomic E-state index is 11.7. The van der Waals surface area contributed by atoms with Crippen LogP contribution in [0.3, 0.4) is 0 Å². The lowest BCUT2D eigenvalue weighted by atomic mass is 10.3. The molecule has 1 aliphatic rings. The van der Waals surface area contributed by atoms with Gasteiger partial charge in [-0.3, -0.25) is 24.3 Å². The molecule has 1 saturated heterocycles. The average molecular weight is 400 g/mol. The number of para-hydroxylation sites is 2. The fourth-order valence-corrected chi connectivity index (χ4v) is 3.10. The summed E-state index contributed by atoms with van der Waals surface area (Å²) in [6.45, 7) is -0.287. The van der Waals surface area contributed by atoms with Crippen molar-refractivity contribution < 1.29 is 23.9 Å². The SMILES string of the molecule is O=C(COC(=O)/C=C/c1cnc2ccccc2n1)NCCN1C(=O)CSC1=O. The molecule has 1 N–H and O–H groups in total. The van der Waals surface area contributed by atoms with Gasteiger partial charge in [-0.05, 0) is 18.2 Å². The van der Waals surface area contributed by atoms with Gasteiger partial charge in [-0.25, -0.2) is 9.78 Å². The summed E-state index contributed by atoms with van der Waals surface area (Å²) in [5.74, 6) is -1.39. The van der Waals surface area contributed by atoms with E-state index in [4.69, 9.17) is 4.74 Å². The molecule has 0 saturated carbocycles. The Labute approximate surface area is 164 Å². The van der Waals surface area contributed by atoms with Crippen LogP contribution in [0.15, 0.2) is 36.5 Å². The van der Waals surface area contributed by atoms with Gasteiger partial charge in [-0.1, -0.05) is 23.9 Å². The molecule has 1 aliphatic heterocycles. The van der Waals surface area contributed by atoms with Gasteiger partial charge in [0.15, 0.2) is 6.61 Å². The van der Waals surface area contributed by atoms with Crippen LogP contribution >= 0.6 is 11.8 Å². The van der Waals surface area contributed by atoms with Crippen LogP contribution in [-0.2, 0) is 19.1 Å². The first kappa shape index (κ1) is 19.5. The molecule has 1 aromatic heterocycles. The first-order valence-electron chi connectivity index (χ1n) is 8.33. The molecule has 2 heterocycles. The highest BCUT2D eigenvalue weighted by Crippen LogP contribution is 2.17. The molecule has 0 radical (unpaired) electrons. The molecule has 0 atom stereocenters. The zero-order valence-corrected chi connectivity index (χ0v) is 15.5. The smallest absolute Gasteiger partial charge is 0.331 e. The highest BCUT2D eigenvalue weighted by atomic mass is 32.2. The lowest BCUT2D eigenvalue weighted by Crippen LogP contribution is -2.38. The Morgan fingerprint density at radius 3 is 2.79 bits per heavy atom. The Bertz CT molecular complexity index is 946. The summed E-state index contributed by atoms with van der Waals surface area (Å²) < 4.78 is 4.84. The van der Waals surface area contributed by atoms with Crippen LogP contribution in [-0.4, -0.2) is 63.3 Å². The summed E-state index contributed by atoms with van der Waals surface area (Å²) in [7, 11) is 0. The number of rotatable bonds is 7. The molecule has 0 aliphatic carbocycles. The van der Waals surface area contributed by atoms with Crippen molar-refractivity contribution in [3.8, 4) is 0 Å². The van der Waals surface area contributed by atoms with Gasteiger partial charge >= 0.3 is 5.97 Å². The molecule has 28 heavy (non-hydrogen) atoms. The van der Waals surface area contributed by atoms with Gasteiger partial charge in [-0.2, -0.15) is 0 Å². The number of amides is 3. The van der Waals surface area contributed by atoms with Crippen molar-refractivity contribution in [3.05, 3.63) is 42.2 Å². The third-order valence-corrected chi connectivity index (χ3v) is 4.56. The van der Waals surface area contributed by atoms with E-state index >= 15 is 0 Å². The summed E-state index contributed by atoms with van der Waals surface area (Å²) in [6, 6.07) is 7.34. The second-order valence-corrected chi connectivity index (χ2v) is 6.60. The van der Waals surface area contributed by atoms with Gasteiger partial charge in [0.05, 0.1) is 28.7 Å². The number of nitrogens with one attached hydrogen (secondary N) is 1. The van der Waals surface area contributed by atoms with Crippen molar-refractivity contribution in [2.45, 2.75) is 0 Å². The monoisotopic (exact) mass is 400 g/mol. The van der Waals surface area contributed by atoms with Crippen LogP contribution in [0.25, 0.3) is 17.1 Å². The second-order valence-electron chi connectivity index (χ2n) is 5.67. The van der Waals surface area contributed by atoms with Gasteiger partial charge in [-0.15, -0.1) is 0 Å². The highest BCUT2D eigenvalue weighted by molar-refractivity contribution is 8.14. The number of imide groups is 1. The van der Waals surface area contributed by atoms with E-state index in [2.05, 4.69) is 15.3 Å². The van der Waals surface area contributed by atoms with Crippen molar-refractivity contribution in [2.75, 3.05) is 25.4 Å². The topological polar surface area (TPSA) is 119 Å². The fourth-order valence-electron chi connectivity index (χ4n) is 2.35. The van der Waals surface area contributed by atoms with Crippen LogP contribution in [0.1, 0.15) is 5.69 Å². The molecule has 3 rings (SSSR count). The minimum absolute atomic E-state index is 0.0882. The average Bonchev–Trinajstić information content (AvgIpc) is 3.02. The van der Waals surface area contributed by atoms with Gasteiger partial charge in [0, 0.05) is 19.2 Å². The van der Waals surface area contributed by atoms with Gasteiger partial charge in [0.25, 0.3) is 11.1 Å². The normalized spacial score (nSPS) is 14.1. The number of thioether (sulfide) groups is 1. The van der Waals surface area contributed by atoms with Gasteiger partial charge in [0.1, 0.15) is 0 Å². The molecular formula is C18H16N4O5S. The van der Waals surface area contributed by atoms with Crippen LogP contribution in [0.4, 0.5) is 4.79 Å². The van der Waals surface area contributed by atoms with E-state index in [1.807, 2.05) is 24.3 Å². The zero-order chi connectivity index (χ0) is 19.9. The third kappa shape index (κ3) is 5.13. The predicted octanol–water partition coefficient (Wildman–Crippen LogP) is 0.998. The molecule has 3 amide bonds. The fraction of sp³-hybridized carbons (Fsp3) is 0.222. The van der Waals surface area contributed by atoms with E-state index in [1.54, 1.807) is 0 Å². The standard InChI is InChI=1S/C18H16N4O5S/c23-15(19-7-8-22-16(24)11-28-18(22)26)10-27-17(25)6-5-12-9-20-13-3-1-2-4-14(13)21-12/h1-6,9H,7-8,10-11H2,(H,19,23)/b6-5+. The number of esters is 1. The van der Waals surface area contributed by atoms with Crippen molar-refractivity contribution in [2.24, 2.45) is 0 Å². The maximum atomic E-state index is 11.7. The molecular weight excluding hydrogens is 384 g/mol. The number of aromatic nitrogens is 2. The summed E-state index contributed by atoms with van der Waals surface area (Å²) >= 11 is 0.929. The van der Waals surface area contributed by atoms with Crippen LogP contribution in [0, 0.1) is 0 Å². The van der Waals surface area contributed by atoms with Gasteiger partial charge in [0.2, 0.25) is 5.91 Å². The number of carbonyl (C=O) groups excluding carboxylic acids is 4. The Balaban J connectivity index is 1.40. The minimum atomic E-state index is -0.702. The first-order valence-corrected chi connectivity index (χ1v) is 9.32. The molecule has 144 valence electrons. The third-order valence-electron chi connectivity index (χ3n) is 3.70. The first-order chi connectivity index (χ1) is 13.5. The number of benzene rings is 1. The minimum Gasteiger partial charge on any atom is -0.452 e. The molecule has 2 aromatic rings. The van der Waals surface area contributed by atoms with Crippen LogP contribution < -0.4 is 5.32 Å². The molecule has 10 heteroatoms. The summed E-state index contributed by atoms with van der Waals surface area (Å²) in [5.41, 5.74) is 1.93. The lowest BCUT2D eigenvalue weighted by molar-refractivity contribution is -0.143. The number of hydrogen-bond acceptors (Lipinski definition) is 8. The molecule has 0 unspecified atom stereocenters. The Morgan fingerprint density at radius 2 is 2.04 bits per heavy atom. The number of ether oxygens (including phenoxy) is 1. The molecule has 1 fully saturated rings. The van der Waals surface area contributed by atoms with E-state index in [0.717, 1.165) is 28.3 Å². The number of fused-ring (bicyclic) bond motifs is 1. The number of carbonyl (C=O) groups is 4. The maximum Gasteiger partial charge on any atom is 0.331 e. The second kappa shape index (κ2) is 9.09. The Hall–Kier alpha value is -3.27. The van der Waals surface area contributed by atoms with Crippen molar-refractivity contribution in [1.29, 1.82) is 0 Å². The quantitative estimate of drug-likeness (QED) is 0.540. The summed E-state index contributed by atoms with van der Waals surface area (Å²) in [4.78, 5) is 55.9. The van der Waals surface area contributed by atoms with Crippen molar-refractivity contribution >= 4 is 51.9 Å². The molecule has 1 aromatic carbocycles. The highest BCUT2D eigenvalue weighted by Gasteiger charge is 2.29. The molecule has 9 nitrogen and oxygen atoms in total. The van der Waals surface area contributed by atoms with Crippen molar-refractivity contribution in [1.82, 2.24) is 20.2 Å². The van der Waals surface area contributed by atoms with Crippen molar-refractivity contribution in [3.63, 3.8) is 0 Å². The molecule has 0 bridgehead atoms. The Morgan fingerprint density at radius 1 is 1.25 bits per heavy atom. The van der Waals surface area contributed by atoms with E-state index in [9.17, 15) is 19.2 Å². The lowest BCUT2D eigenvalue weighted by Gasteiger charge is -2.12. The van der Waals surface area contributed by atoms with E-state index in [0.29, 0.717) is 11.2 Å². The van der Waals surface area contributed by atoms with Gasteiger partial charge < -0.3 is 10.1 Å². The largest absolute Gasteiger partial charge is 0.452 e. The van der Waals surface area contributed by atoms with E-state index < -0.39 is 18.5 Å². The van der Waals surface area contributed by atoms with E-state index in [1.165, 1.54) is 12.3 Å². The summed E-state index contributed by atoms with van der Waals surface area (Å²) in [6.07, 6.45) is 4.13. The predicted molar refractivity (Wildman–Crippen MR) is 102 cm³/mol. The number of nitrogens with zero attached hydrogens (tertiary/aromatic N) is 3. The Kier molecular flexibility index (Phi) is 6.33. The van der Waals surface area contributed by atoms with E-state index in [-0.39, 0.29) is 30.0 Å². The zero-order valence-electron chi connectivity index (χ0n) is 14.7. The molecule has 0 spiro atoms.